The van der Waals surface area contributed by atoms with Crippen LogP contribution in [0.25, 0.3) is 17.1 Å². The van der Waals surface area contributed by atoms with E-state index in [-0.39, 0.29) is 23.5 Å². The number of tetrazole rings is 1. The first-order chi connectivity index (χ1) is 13.1. The number of ether oxygens (including phenoxy) is 1. The van der Waals surface area contributed by atoms with Crippen LogP contribution in [0.3, 0.4) is 0 Å². The molecule has 3 heterocycles. The smallest absolute Gasteiger partial charge is 0.267 e. The largest absolute Gasteiger partial charge is 0.376 e. The van der Waals surface area contributed by atoms with Gasteiger partial charge in [0.2, 0.25) is 0 Å². The van der Waals surface area contributed by atoms with Crippen LogP contribution in [-0.2, 0) is 4.74 Å². The molecule has 0 bridgehead atoms. The summed E-state index contributed by atoms with van der Waals surface area (Å²) >= 11 is 0. The van der Waals surface area contributed by atoms with E-state index in [2.05, 4.69) is 25.8 Å². The molecule has 1 aliphatic heterocycles. The molecule has 1 saturated heterocycles. The van der Waals surface area contributed by atoms with Gasteiger partial charge < -0.3 is 15.0 Å². The van der Waals surface area contributed by atoms with Crippen molar-refractivity contribution in [3.05, 3.63) is 47.8 Å². The topological polar surface area (TPSA) is 97.7 Å². The normalized spacial score (nSPS) is 16.6. The molecule has 27 heavy (non-hydrogen) atoms. The Morgan fingerprint density at radius 1 is 1.41 bits per heavy atom. The second kappa shape index (κ2) is 7.23. The number of carbonyl (C=O) groups excluding carboxylic acids is 1. The molecule has 1 aromatic carbocycles. The maximum atomic E-state index is 14.1. The lowest BCUT2D eigenvalue weighted by Gasteiger charge is -2.09. The van der Waals surface area contributed by atoms with Crippen LogP contribution in [0.1, 0.15) is 23.3 Å². The summed E-state index contributed by atoms with van der Waals surface area (Å²) in [5, 5.41) is 13.9. The van der Waals surface area contributed by atoms with Crippen molar-refractivity contribution >= 4 is 5.91 Å². The van der Waals surface area contributed by atoms with Gasteiger partial charge in [-0.3, -0.25) is 4.79 Å². The standard InChI is InChI=1S/C17H16F2N6O2/c18-12-4-1-5-14(15(12)19)25-16(22-23-24-25)10-7-13(20-8-10)17(26)21-9-11-3-2-6-27-11/h1,4-5,7-8,11,20H,2-3,6,9H2,(H,21,26). The summed E-state index contributed by atoms with van der Waals surface area (Å²) in [7, 11) is 0. The zero-order valence-corrected chi connectivity index (χ0v) is 14.2. The Hall–Kier alpha value is -3.14. The number of nitrogens with zero attached hydrogens (tertiary/aromatic N) is 4. The Bertz CT molecular complexity index is 964. The number of carbonyl (C=O) groups is 1. The van der Waals surface area contributed by atoms with Crippen molar-refractivity contribution in [3.8, 4) is 17.1 Å². The quantitative estimate of drug-likeness (QED) is 0.710. The summed E-state index contributed by atoms with van der Waals surface area (Å²) in [6.45, 7) is 1.14. The lowest BCUT2D eigenvalue weighted by molar-refractivity contribution is 0.0854. The highest BCUT2D eigenvalue weighted by Crippen LogP contribution is 2.23. The second-order valence-electron chi connectivity index (χ2n) is 6.13. The van der Waals surface area contributed by atoms with Gasteiger partial charge in [0.25, 0.3) is 5.91 Å². The lowest BCUT2D eigenvalue weighted by atomic mass is 10.2. The van der Waals surface area contributed by atoms with E-state index in [9.17, 15) is 13.6 Å². The van der Waals surface area contributed by atoms with Gasteiger partial charge in [0.1, 0.15) is 11.4 Å². The molecular formula is C17H16F2N6O2. The van der Waals surface area contributed by atoms with E-state index in [1.165, 1.54) is 18.3 Å². The molecule has 4 rings (SSSR count). The minimum atomic E-state index is -1.06. The van der Waals surface area contributed by atoms with Gasteiger partial charge in [0.15, 0.2) is 17.5 Å². The first kappa shape index (κ1) is 17.3. The van der Waals surface area contributed by atoms with Crippen molar-refractivity contribution in [1.29, 1.82) is 0 Å². The molecule has 0 aliphatic carbocycles. The van der Waals surface area contributed by atoms with E-state index < -0.39 is 11.6 Å². The van der Waals surface area contributed by atoms with Crippen LogP contribution in [0, 0.1) is 11.6 Å². The van der Waals surface area contributed by atoms with E-state index in [0.29, 0.717) is 24.4 Å². The van der Waals surface area contributed by atoms with E-state index in [1.54, 1.807) is 6.07 Å². The van der Waals surface area contributed by atoms with Crippen molar-refractivity contribution < 1.29 is 18.3 Å². The number of hydrogen-bond donors (Lipinski definition) is 2. The summed E-state index contributed by atoms with van der Waals surface area (Å²) in [5.41, 5.74) is 0.642. The third kappa shape index (κ3) is 3.43. The number of rotatable bonds is 5. The Morgan fingerprint density at radius 2 is 2.30 bits per heavy atom. The van der Waals surface area contributed by atoms with E-state index >= 15 is 0 Å². The fourth-order valence-electron chi connectivity index (χ4n) is 2.95. The van der Waals surface area contributed by atoms with Crippen LogP contribution < -0.4 is 5.32 Å². The number of hydrogen-bond acceptors (Lipinski definition) is 5. The van der Waals surface area contributed by atoms with Crippen molar-refractivity contribution in [3.63, 3.8) is 0 Å². The molecule has 1 fully saturated rings. The van der Waals surface area contributed by atoms with Crippen LogP contribution in [0.15, 0.2) is 30.5 Å². The summed E-state index contributed by atoms with van der Waals surface area (Å²) in [4.78, 5) is 15.1. The third-order valence-corrected chi connectivity index (χ3v) is 4.33. The van der Waals surface area contributed by atoms with Crippen molar-refractivity contribution in [1.82, 2.24) is 30.5 Å². The van der Waals surface area contributed by atoms with Crippen LogP contribution in [-0.4, -0.2) is 50.4 Å². The molecule has 2 N–H and O–H groups in total. The maximum absolute atomic E-state index is 14.1. The Labute approximate surface area is 152 Å². The molecule has 8 nitrogen and oxygen atoms in total. The van der Waals surface area contributed by atoms with Gasteiger partial charge in [-0.15, -0.1) is 5.10 Å². The average Bonchev–Trinajstić information content (AvgIpc) is 3.42. The molecule has 1 amide bonds. The molecule has 140 valence electrons. The van der Waals surface area contributed by atoms with Crippen LogP contribution >= 0.6 is 0 Å². The summed E-state index contributed by atoms with van der Waals surface area (Å²) < 4.78 is 34.1. The first-order valence-corrected chi connectivity index (χ1v) is 8.45. The zero-order chi connectivity index (χ0) is 18.8. The van der Waals surface area contributed by atoms with Crippen molar-refractivity contribution in [2.24, 2.45) is 0 Å². The van der Waals surface area contributed by atoms with Crippen molar-refractivity contribution in [2.45, 2.75) is 18.9 Å². The van der Waals surface area contributed by atoms with E-state index in [0.717, 1.165) is 23.6 Å². The molecule has 0 spiro atoms. The fraction of sp³-hybridized carbons (Fsp3) is 0.294. The first-order valence-electron chi connectivity index (χ1n) is 8.45. The van der Waals surface area contributed by atoms with Gasteiger partial charge >= 0.3 is 0 Å². The van der Waals surface area contributed by atoms with Crippen LogP contribution in [0.5, 0.6) is 0 Å². The van der Waals surface area contributed by atoms with Gasteiger partial charge in [-0.05, 0) is 41.5 Å². The minimum Gasteiger partial charge on any atom is -0.376 e. The Morgan fingerprint density at radius 3 is 3.11 bits per heavy atom. The highest BCUT2D eigenvalue weighted by atomic mass is 19.2. The predicted molar refractivity (Wildman–Crippen MR) is 90.2 cm³/mol. The maximum Gasteiger partial charge on any atom is 0.267 e. The monoisotopic (exact) mass is 374 g/mol. The number of aromatic amines is 1. The van der Waals surface area contributed by atoms with E-state index in [1.807, 2.05) is 0 Å². The molecule has 2 aromatic heterocycles. The zero-order valence-electron chi connectivity index (χ0n) is 14.2. The number of amides is 1. The number of halogens is 2. The number of H-pyrrole nitrogens is 1. The van der Waals surface area contributed by atoms with Gasteiger partial charge in [-0.1, -0.05) is 6.07 Å². The van der Waals surface area contributed by atoms with Crippen LogP contribution in [0.2, 0.25) is 0 Å². The highest BCUT2D eigenvalue weighted by Gasteiger charge is 2.20. The minimum absolute atomic E-state index is 0.0339. The second-order valence-corrected chi connectivity index (χ2v) is 6.13. The number of benzene rings is 1. The molecule has 1 unspecified atom stereocenters. The van der Waals surface area contributed by atoms with Crippen molar-refractivity contribution in [2.75, 3.05) is 13.2 Å². The molecule has 1 aliphatic rings. The van der Waals surface area contributed by atoms with Gasteiger partial charge in [0, 0.05) is 24.9 Å². The summed E-state index contributed by atoms with van der Waals surface area (Å²) in [5.74, 6) is -2.19. The van der Waals surface area contributed by atoms with Crippen LogP contribution in [0.4, 0.5) is 8.78 Å². The summed E-state index contributed by atoms with van der Waals surface area (Å²) in [6, 6.07) is 5.28. The lowest BCUT2D eigenvalue weighted by Crippen LogP contribution is -2.31. The SMILES string of the molecule is O=C(NCC1CCCO1)c1cc(-c2nnnn2-c2cccc(F)c2F)c[nH]1. The Balaban J connectivity index is 1.55. The average molecular weight is 374 g/mol. The molecule has 0 radical (unpaired) electrons. The molecule has 1 atom stereocenters. The molecule has 3 aromatic rings. The predicted octanol–water partition coefficient (Wildman–Crippen LogP) is 1.84. The molecular weight excluding hydrogens is 358 g/mol. The van der Waals surface area contributed by atoms with E-state index in [4.69, 9.17) is 4.74 Å². The van der Waals surface area contributed by atoms with Gasteiger partial charge in [-0.25, -0.2) is 8.78 Å². The fourth-order valence-corrected chi connectivity index (χ4v) is 2.95. The number of aromatic nitrogens is 5. The Kier molecular flexibility index (Phi) is 4.63. The van der Waals surface area contributed by atoms with Gasteiger partial charge in [-0.2, -0.15) is 4.68 Å². The molecule has 10 heteroatoms. The highest BCUT2D eigenvalue weighted by molar-refractivity contribution is 5.93. The number of nitrogens with one attached hydrogen (secondary N) is 2. The van der Waals surface area contributed by atoms with Gasteiger partial charge in [0.05, 0.1) is 6.10 Å². The summed E-state index contributed by atoms with van der Waals surface area (Å²) in [6.07, 6.45) is 3.48. The molecule has 0 saturated carbocycles. The third-order valence-electron chi connectivity index (χ3n) is 4.33.